The quantitative estimate of drug-likeness (QED) is 0.709. The minimum Gasteiger partial charge on any atom is -0.467 e. The molecule has 7 nitrogen and oxygen atoms in total. The van der Waals surface area contributed by atoms with Gasteiger partial charge in [-0.15, -0.1) is 0 Å². The molecule has 0 fully saturated rings. The van der Waals surface area contributed by atoms with Crippen LogP contribution in [-0.4, -0.2) is 49.9 Å². The van der Waals surface area contributed by atoms with Crippen molar-refractivity contribution in [2.24, 2.45) is 5.92 Å². The van der Waals surface area contributed by atoms with Gasteiger partial charge in [0.05, 0.1) is 26.0 Å². The number of carbonyl (C=O) groups is 2. The van der Waals surface area contributed by atoms with E-state index in [1.54, 1.807) is 25.4 Å². The van der Waals surface area contributed by atoms with Crippen LogP contribution in [0.5, 0.6) is 0 Å². The highest BCUT2D eigenvalue weighted by atomic mass is 16.6. The molecule has 1 heterocycles. The molecule has 7 heteroatoms. The maximum Gasteiger partial charge on any atom is 0.410 e. The number of ether oxygens (including phenoxy) is 3. The monoisotopic (exact) mass is 341 g/mol. The van der Waals surface area contributed by atoms with Gasteiger partial charge in [0.15, 0.2) is 0 Å². The summed E-state index contributed by atoms with van der Waals surface area (Å²) in [5.41, 5.74) is -0.594. The van der Waals surface area contributed by atoms with Crippen LogP contribution in [0.1, 0.15) is 39.5 Å². The molecule has 2 unspecified atom stereocenters. The smallest absolute Gasteiger partial charge is 0.410 e. The van der Waals surface area contributed by atoms with E-state index in [1.165, 1.54) is 12.0 Å². The molecule has 1 aromatic heterocycles. The first-order valence-electron chi connectivity index (χ1n) is 7.79. The van der Waals surface area contributed by atoms with E-state index in [4.69, 9.17) is 13.9 Å². The molecule has 0 radical (unpaired) electrons. The molecule has 0 spiro atoms. The van der Waals surface area contributed by atoms with E-state index in [-0.39, 0.29) is 25.2 Å². The number of furan rings is 1. The lowest BCUT2D eigenvalue weighted by atomic mass is 9.99. The summed E-state index contributed by atoms with van der Waals surface area (Å²) in [5, 5.41) is 0. The van der Waals surface area contributed by atoms with E-state index in [9.17, 15) is 9.59 Å². The number of nitrogens with zero attached hydrogens (tertiary/aromatic N) is 1. The van der Waals surface area contributed by atoms with E-state index in [0.29, 0.717) is 5.76 Å². The fourth-order valence-electron chi connectivity index (χ4n) is 2.24. The van der Waals surface area contributed by atoms with Crippen molar-refractivity contribution >= 4 is 12.1 Å². The van der Waals surface area contributed by atoms with Crippen molar-refractivity contribution in [2.45, 2.75) is 39.3 Å². The Labute approximate surface area is 142 Å². The van der Waals surface area contributed by atoms with E-state index in [0.717, 1.165) is 0 Å². The topological polar surface area (TPSA) is 78.2 Å². The van der Waals surface area contributed by atoms with Gasteiger partial charge in [0.2, 0.25) is 0 Å². The predicted molar refractivity (Wildman–Crippen MR) is 87.4 cm³/mol. The van der Waals surface area contributed by atoms with Crippen molar-refractivity contribution in [3.63, 3.8) is 0 Å². The number of methoxy groups -OCH3 is 1. The second kappa shape index (κ2) is 8.73. The number of rotatable bonds is 7. The molecule has 1 aromatic rings. The fourth-order valence-corrected chi connectivity index (χ4v) is 2.24. The average Bonchev–Trinajstić information content (AvgIpc) is 2.99. The zero-order valence-electron chi connectivity index (χ0n) is 15.2. The highest BCUT2D eigenvalue weighted by molar-refractivity contribution is 5.70. The van der Waals surface area contributed by atoms with Crippen LogP contribution < -0.4 is 0 Å². The van der Waals surface area contributed by atoms with Gasteiger partial charge < -0.3 is 23.5 Å². The Kier molecular flexibility index (Phi) is 7.28. The maximum absolute atomic E-state index is 12.4. The molecule has 0 aliphatic carbocycles. The number of esters is 1. The molecule has 0 saturated heterocycles. The Balaban J connectivity index is 2.81. The standard InChI is InChI=1S/C17H27NO6/c1-12(10-22-11-14(19)21-6)15(13-8-7-9-23-13)18(5)16(20)24-17(2,3)4/h7-9,12,15H,10-11H2,1-6H3. The van der Waals surface area contributed by atoms with Gasteiger partial charge in [-0.25, -0.2) is 9.59 Å². The SMILES string of the molecule is COC(=O)COCC(C)C(c1ccco1)N(C)C(=O)OC(C)(C)C. The molecule has 0 aliphatic rings. The number of amides is 1. The van der Waals surface area contributed by atoms with Crippen LogP contribution in [0, 0.1) is 5.92 Å². The van der Waals surface area contributed by atoms with E-state index in [1.807, 2.05) is 27.7 Å². The third-order valence-corrected chi connectivity index (χ3v) is 3.30. The summed E-state index contributed by atoms with van der Waals surface area (Å²) in [4.78, 5) is 25.0. The Hall–Kier alpha value is -2.02. The number of hydrogen-bond acceptors (Lipinski definition) is 6. The number of carbonyl (C=O) groups excluding carboxylic acids is 2. The summed E-state index contributed by atoms with van der Waals surface area (Å²) in [6.07, 6.45) is 1.09. The van der Waals surface area contributed by atoms with Gasteiger partial charge in [0, 0.05) is 13.0 Å². The van der Waals surface area contributed by atoms with Gasteiger partial charge in [-0.1, -0.05) is 6.92 Å². The van der Waals surface area contributed by atoms with Crippen LogP contribution in [0.2, 0.25) is 0 Å². The molecule has 0 bridgehead atoms. The summed E-state index contributed by atoms with van der Waals surface area (Å²) in [6, 6.07) is 3.17. The van der Waals surface area contributed by atoms with Gasteiger partial charge >= 0.3 is 12.1 Å². The third-order valence-electron chi connectivity index (χ3n) is 3.30. The van der Waals surface area contributed by atoms with Crippen LogP contribution in [0.3, 0.4) is 0 Å². The molecule has 136 valence electrons. The van der Waals surface area contributed by atoms with Crippen molar-refractivity contribution in [1.82, 2.24) is 4.90 Å². The molecule has 0 N–H and O–H groups in total. The largest absolute Gasteiger partial charge is 0.467 e. The van der Waals surface area contributed by atoms with Gasteiger partial charge in [-0.2, -0.15) is 0 Å². The van der Waals surface area contributed by atoms with Crippen molar-refractivity contribution in [1.29, 1.82) is 0 Å². The third kappa shape index (κ3) is 6.23. The van der Waals surface area contributed by atoms with Gasteiger partial charge in [-0.3, -0.25) is 0 Å². The van der Waals surface area contributed by atoms with Crippen molar-refractivity contribution in [2.75, 3.05) is 27.4 Å². The molecule has 1 rings (SSSR count). The van der Waals surface area contributed by atoms with Crippen LogP contribution in [0.25, 0.3) is 0 Å². The minimum absolute atomic E-state index is 0.127. The fraction of sp³-hybridized carbons (Fsp3) is 0.647. The molecule has 0 aliphatic heterocycles. The van der Waals surface area contributed by atoms with Crippen LogP contribution in [-0.2, 0) is 19.0 Å². The Morgan fingerprint density at radius 1 is 1.33 bits per heavy atom. The van der Waals surface area contributed by atoms with Crippen molar-refractivity contribution in [3.05, 3.63) is 24.2 Å². The normalized spacial score (nSPS) is 13.9. The lowest BCUT2D eigenvalue weighted by Crippen LogP contribution is -2.39. The first-order chi connectivity index (χ1) is 11.2. The second-order valence-electron chi connectivity index (χ2n) is 6.62. The molecular weight excluding hydrogens is 314 g/mol. The predicted octanol–water partition coefficient (Wildman–Crippen LogP) is 3.01. The van der Waals surface area contributed by atoms with Gasteiger partial charge in [0.25, 0.3) is 0 Å². The zero-order chi connectivity index (χ0) is 18.3. The van der Waals surface area contributed by atoms with Gasteiger partial charge in [0.1, 0.15) is 18.0 Å². The van der Waals surface area contributed by atoms with Crippen LogP contribution in [0.4, 0.5) is 4.79 Å². The minimum atomic E-state index is -0.594. The van der Waals surface area contributed by atoms with Crippen molar-refractivity contribution < 1.29 is 28.2 Å². The van der Waals surface area contributed by atoms with E-state index < -0.39 is 17.7 Å². The number of hydrogen-bond donors (Lipinski definition) is 0. The van der Waals surface area contributed by atoms with E-state index >= 15 is 0 Å². The average molecular weight is 341 g/mol. The highest BCUT2D eigenvalue weighted by Crippen LogP contribution is 2.29. The van der Waals surface area contributed by atoms with Gasteiger partial charge in [-0.05, 0) is 32.9 Å². The Bertz CT molecular complexity index is 520. The zero-order valence-corrected chi connectivity index (χ0v) is 15.2. The summed E-state index contributed by atoms with van der Waals surface area (Å²) in [5.74, 6) is 0.0492. The summed E-state index contributed by atoms with van der Waals surface area (Å²) >= 11 is 0. The summed E-state index contributed by atoms with van der Waals surface area (Å²) in [6.45, 7) is 7.46. The molecule has 0 aromatic carbocycles. The molecule has 2 atom stereocenters. The van der Waals surface area contributed by atoms with Crippen LogP contribution >= 0.6 is 0 Å². The molecular formula is C17H27NO6. The lowest BCUT2D eigenvalue weighted by Gasteiger charge is -2.33. The maximum atomic E-state index is 12.4. The molecule has 0 saturated carbocycles. The Morgan fingerprint density at radius 3 is 2.50 bits per heavy atom. The first kappa shape index (κ1) is 20.0. The lowest BCUT2D eigenvalue weighted by molar-refractivity contribution is -0.146. The highest BCUT2D eigenvalue weighted by Gasteiger charge is 2.32. The van der Waals surface area contributed by atoms with Crippen LogP contribution in [0.15, 0.2) is 22.8 Å². The Morgan fingerprint density at radius 2 is 2.00 bits per heavy atom. The first-order valence-corrected chi connectivity index (χ1v) is 7.79. The summed E-state index contributed by atoms with van der Waals surface area (Å²) in [7, 11) is 2.95. The second-order valence-corrected chi connectivity index (χ2v) is 6.62. The summed E-state index contributed by atoms with van der Waals surface area (Å²) < 4.78 is 20.8. The van der Waals surface area contributed by atoms with Crippen molar-refractivity contribution in [3.8, 4) is 0 Å². The van der Waals surface area contributed by atoms with E-state index in [2.05, 4.69) is 4.74 Å². The molecule has 1 amide bonds. The molecule has 24 heavy (non-hydrogen) atoms.